The monoisotopic (exact) mass is 298 g/mol. The van der Waals surface area contributed by atoms with E-state index in [1.807, 2.05) is 0 Å². The Morgan fingerprint density at radius 2 is 2.16 bits per heavy atom. The molecular formula is C12H11ClN2O3S. The molecule has 100 valence electrons. The van der Waals surface area contributed by atoms with Crippen LogP contribution in [0.25, 0.3) is 10.2 Å². The highest BCUT2D eigenvalue weighted by Crippen LogP contribution is 2.28. The van der Waals surface area contributed by atoms with Gasteiger partial charge in [0.1, 0.15) is 0 Å². The topological polar surface area (TPSA) is 79.3 Å². The SMILES string of the molecule is O=C(O)CCCC(=O)Nc1nc2ccc(Cl)cc2s1. The van der Waals surface area contributed by atoms with Crippen LogP contribution in [0.1, 0.15) is 19.3 Å². The van der Waals surface area contributed by atoms with Gasteiger partial charge in [-0.15, -0.1) is 0 Å². The van der Waals surface area contributed by atoms with Gasteiger partial charge in [-0.25, -0.2) is 4.98 Å². The van der Waals surface area contributed by atoms with Crippen molar-refractivity contribution in [3.8, 4) is 0 Å². The molecule has 1 aromatic carbocycles. The minimum atomic E-state index is -0.901. The lowest BCUT2D eigenvalue weighted by atomic mass is 10.2. The number of rotatable bonds is 5. The van der Waals surface area contributed by atoms with Crippen molar-refractivity contribution < 1.29 is 14.7 Å². The summed E-state index contributed by atoms with van der Waals surface area (Å²) in [5, 5.41) is 12.3. The molecule has 0 saturated heterocycles. The van der Waals surface area contributed by atoms with Crippen LogP contribution < -0.4 is 5.32 Å². The molecule has 1 aromatic heterocycles. The number of fused-ring (bicyclic) bond motifs is 1. The third-order valence-electron chi connectivity index (χ3n) is 2.39. The van der Waals surface area contributed by atoms with Crippen LogP contribution in [0.2, 0.25) is 5.02 Å². The maximum atomic E-state index is 11.6. The molecule has 0 aliphatic heterocycles. The van der Waals surface area contributed by atoms with Crippen LogP contribution in [0.4, 0.5) is 5.13 Å². The lowest BCUT2D eigenvalue weighted by molar-refractivity contribution is -0.137. The number of carboxylic acids is 1. The van der Waals surface area contributed by atoms with Crippen molar-refractivity contribution >= 4 is 50.2 Å². The number of carbonyl (C=O) groups excluding carboxylic acids is 1. The Morgan fingerprint density at radius 1 is 1.37 bits per heavy atom. The number of carbonyl (C=O) groups is 2. The summed E-state index contributed by atoms with van der Waals surface area (Å²) >= 11 is 7.20. The maximum absolute atomic E-state index is 11.6. The van der Waals surface area contributed by atoms with E-state index < -0.39 is 5.97 Å². The first kappa shape index (κ1) is 13.8. The molecule has 0 bridgehead atoms. The molecule has 2 rings (SSSR count). The number of anilines is 1. The number of nitrogens with zero attached hydrogens (tertiary/aromatic N) is 1. The zero-order valence-electron chi connectivity index (χ0n) is 9.85. The first-order chi connectivity index (χ1) is 9.04. The molecule has 0 atom stereocenters. The zero-order chi connectivity index (χ0) is 13.8. The minimum Gasteiger partial charge on any atom is -0.481 e. The molecule has 19 heavy (non-hydrogen) atoms. The quantitative estimate of drug-likeness (QED) is 0.888. The number of hydrogen-bond acceptors (Lipinski definition) is 4. The number of aromatic nitrogens is 1. The Bertz CT molecular complexity index is 626. The second-order valence-corrected chi connectivity index (χ2v) is 5.39. The largest absolute Gasteiger partial charge is 0.481 e. The van der Waals surface area contributed by atoms with E-state index in [0.29, 0.717) is 16.6 Å². The summed E-state index contributed by atoms with van der Waals surface area (Å²) in [5.74, 6) is -1.13. The Morgan fingerprint density at radius 3 is 2.89 bits per heavy atom. The predicted octanol–water partition coefficient (Wildman–Crippen LogP) is 3.14. The van der Waals surface area contributed by atoms with Gasteiger partial charge in [-0.2, -0.15) is 0 Å². The summed E-state index contributed by atoms with van der Waals surface area (Å²) in [5.41, 5.74) is 0.773. The molecule has 2 N–H and O–H groups in total. The van der Waals surface area contributed by atoms with Crippen LogP contribution in [-0.4, -0.2) is 22.0 Å². The lowest BCUT2D eigenvalue weighted by Crippen LogP contribution is -2.11. The maximum Gasteiger partial charge on any atom is 0.303 e. The van der Waals surface area contributed by atoms with Gasteiger partial charge in [-0.1, -0.05) is 22.9 Å². The van der Waals surface area contributed by atoms with Crippen LogP contribution in [0, 0.1) is 0 Å². The number of thiazole rings is 1. The molecule has 5 nitrogen and oxygen atoms in total. The number of halogens is 1. The smallest absolute Gasteiger partial charge is 0.303 e. The van der Waals surface area contributed by atoms with E-state index in [1.54, 1.807) is 18.2 Å². The summed E-state index contributed by atoms with van der Waals surface area (Å²) in [4.78, 5) is 26.2. The highest BCUT2D eigenvalue weighted by molar-refractivity contribution is 7.22. The van der Waals surface area contributed by atoms with E-state index in [9.17, 15) is 9.59 Å². The van der Waals surface area contributed by atoms with Crippen LogP contribution in [0.3, 0.4) is 0 Å². The highest BCUT2D eigenvalue weighted by atomic mass is 35.5. The van der Waals surface area contributed by atoms with Crippen LogP contribution in [0.15, 0.2) is 18.2 Å². The second kappa shape index (κ2) is 5.99. The van der Waals surface area contributed by atoms with Gasteiger partial charge < -0.3 is 10.4 Å². The number of amides is 1. The van der Waals surface area contributed by atoms with Crippen molar-refractivity contribution in [1.29, 1.82) is 0 Å². The summed E-state index contributed by atoms with van der Waals surface area (Å²) < 4.78 is 0.897. The summed E-state index contributed by atoms with van der Waals surface area (Å²) in [6, 6.07) is 5.31. The van der Waals surface area contributed by atoms with Crippen LogP contribution >= 0.6 is 22.9 Å². The van der Waals surface area contributed by atoms with Gasteiger partial charge in [0.25, 0.3) is 0 Å². The molecule has 0 saturated carbocycles. The van der Waals surface area contributed by atoms with Gasteiger partial charge in [-0.3, -0.25) is 9.59 Å². The first-order valence-electron chi connectivity index (χ1n) is 5.62. The van der Waals surface area contributed by atoms with Crippen LogP contribution in [-0.2, 0) is 9.59 Å². The van der Waals surface area contributed by atoms with Crippen molar-refractivity contribution in [3.63, 3.8) is 0 Å². The fraction of sp³-hybridized carbons (Fsp3) is 0.250. The number of carboxylic acid groups (broad SMARTS) is 1. The lowest BCUT2D eigenvalue weighted by Gasteiger charge is -1.99. The van der Waals surface area contributed by atoms with Crippen molar-refractivity contribution in [2.45, 2.75) is 19.3 Å². The second-order valence-electron chi connectivity index (χ2n) is 3.93. The fourth-order valence-corrected chi connectivity index (χ4v) is 2.69. The van der Waals surface area contributed by atoms with Gasteiger partial charge in [-0.05, 0) is 24.6 Å². The third kappa shape index (κ3) is 3.90. The molecule has 0 fully saturated rings. The van der Waals surface area contributed by atoms with Gasteiger partial charge in [0.15, 0.2) is 5.13 Å². The Labute approximate surface area is 118 Å². The van der Waals surface area contributed by atoms with Gasteiger partial charge in [0, 0.05) is 17.9 Å². The molecule has 0 unspecified atom stereocenters. The van der Waals surface area contributed by atoms with Gasteiger partial charge in [0.2, 0.25) is 5.91 Å². The van der Waals surface area contributed by atoms with Crippen molar-refractivity contribution in [3.05, 3.63) is 23.2 Å². The van der Waals surface area contributed by atoms with Crippen molar-refractivity contribution in [1.82, 2.24) is 4.98 Å². The average Bonchev–Trinajstić information content (AvgIpc) is 2.69. The minimum absolute atomic E-state index is 0.0110. The van der Waals surface area contributed by atoms with Crippen LogP contribution in [0.5, 0.6) is 0 Å². The number of hydrogen-bond donors (Lipinski definition) is 2. The number of aliphatic carboxylic acids is 1. The predicted molar refractivity (Wildman–Crippen MR) is 74.7 cm³/mol. The average molecular weight is 299 g/mol. The van der Waals surface area contributed by atoms with Gasteiger partial charge >= 0.3 is 5.97 Å². The number of benzene rings is 1. The summed E-state index contributed by atoms with van der Waals surface area (Å²) in [7, 11) is 0. The molecule has 7 heteroatoms. The summed E-state index contributed by atoms with van der Waals surface area (Å²) in [6.45, 7) is 0. The molecule has 1 heterocycles. The van der Waals surface area contributed by atoms with E-state index in [4.69, 9.17) is 16.7 Å². The summed E-state index contributed by atoms with van der Waals surface area (Å²) in [6.07, 6.45) is 0.476. The van der Waals surface area contributed by atoms with E-state index >= 15 is 0 Å². The van der Waals surface area contributed by atoms with E-state index in [1.165, 1.54) is 11.3 Å². The van der Waals surface area contributed by atoms with E-state index in [0.717, 1.165) is 10.2 Å². The molecule has 1 amide bonds. The zero-order valence-corrected chi connectivity index (χ0v) is 11.4. The van der Waals surface area contributed by atoms with Crippen molar-refractivity contribution in [2.75, 3.05) is 5.32 Å². The third-order valence-corrected chi connectivity index (χ3v) is 3.56. The molecule has 2 aromatic rings. The van der Waals surface area contributed by atoms with Crippen molar-refractivity contribution in [2.24, 2.45) is 0 Å². The fourth-order valence-electron chi connectivity index (χ4n) is 1.53. The van der Waals surface area contributed by atoms with E-state index in [-0.39, 0.29) is 18.7 Å². The normalized spacial score (nSPS) is 10.6. The molecule has 0 aliphatic carbocycles. The Balaban J connectivity index is 1.97. The molecule has 0 radical (unpaired) electrons. The Hall–Kier alpha value is -1.66. The molecule has 0 aliphatic rings. The number of nitrogens with one attached hydrogen (secondary N) is 1. The highest BCUT2D eigenvalue weighted by Gasteiger charge is 2.08. The Kier molecular flexibility index (Phi) is 4.34. The standard InChI is InChI=1S/C12H11ClN2O3S/c13-7-4-5-8-9(6-7)19-12(14-8)15-10(16)2-1-3-11(17)18/h4-6H,1-3H2,(H,17,18)(H,14,15,16). The van der Waals surface area contributed by atoms with Gasteiger partial charge in [0.05, 0.1) is 10.2 Å². The first-order valence-corrected chi connectivity index (χ1v) is 6.82. The molecule has 0 spiro atoms. The van der Waals surface area contributed by atoms with E-state index in [2.05, 4.69) is 10.3 Å². The molecular weight excluding hydrogens is 288 g/mol.